The molecule has 7 nitrogen and oxygen atoms in total. The van der Waals surface area contributed by atoms with Gasteiger partial charge in [-0.1, -0.05) is 23.7 Å². The van der Waals surface area contributed by atoms with Gasteiger partial charge in [0, 0.05) is 29.7 Å². The first-order valence-electron chi connectivity index (χ1n) is 12.5. The van der Waals surface area contributed by atoms with Gasteiger partial charge in [0.2, 0.25) is 0 Å². The van der Waals surface area contributed by atoms with E-state index >= 15 is 0 Å². The number of aliphatic hydroxyl groups excluding tert-OH is 1. The third kappa shape index (κ3) is 5.19. The number of aliphatic hydroxyl groups is 1. The first-order valence-corrected chi connectivity index (χ1v) is 12.9. The Kier molecular flexibility index (Phi) is 6.69. The van der Waals surface area contributed by atoms with E-state index in [0.29, 0.717) is 22.8 Å². The number of benzene rings is 3. The minimum atomic E-state index is -4.79. The van der Waals surface area contributed by atoms with E-state index in [1.165, 1.54) is 49.4 Å². The quantitative estimate of drug-likeness (QED) is 0.200. The van der Waals surface area contributed by atoms with Crippen molar-refractivity contribution in [2.75, 3.05) is 0 Å². The molecule has 0 aliphatic carbocycles. The summed E-state index contributed by atoms with van der Waals surface area (Å²) in [5, 5.41) is 12.8. The summed E-state index contributed by atoms with van der Waals surface area (Å²) in [6, 6.07) is 11.9. The highest BCUT2D eigenvalue weighted by Crippen LogP contribution is 2.45. The van der Waals surface area contributed by atoms with Gasteiger partial charge < -0.3 is 19.0 Å². The maximum atomic E-state index is 14.8. The Bertz CT molecular complexity index is 1880. The molecule has 14 heteroatoms. The molecule has 222 valence electrons. The maximum Gasteiger partial charge on any atom is 0.586 e. The van der Waals surface area contributed by atoms with Gasteiger partial charge in [-0.2, -0.15) is 18.3 Å². The fraction of sp³-hybridized carbons (Fsp3) is 0.172. The predicted octanol–water partition coefficient (Wildman–Crippen LogP) is 8.10. The van der Waals surface area contributed by atoms with E-state index in [9.17, 15) is 31.4 Å². The summed E-state index contributed by atoms with van der Waals surface area (Å²) in [5.41, 5.74) is 0.773. The van der Waals surface area contributed by atoms with Crippen LogP contribution in [0.25, 0.3) is 39.4 Å². The molecule has 0 amide bonds. The van der Waals surface area contributed by atoms with Crippen molar-refractivity contribution in [3.05, 3.63) is 88.3 Å². The van der Waals surface area contributed by atoms with Gasteiger partial charge in [-0.3, -0.25) is 0 Å². The molecule has 1 N–H and O–H groups in total. The molecule has 3 aromatic carbocycles. The highest BCUT2D eigenvalue weighted by Gasteiger charge is 2.43. The fourth-order valence-corrected chi connectivity index (χ4v) is 5.02. The van der Waals surface area contributed by atoms with Crippen molar-refractivity contribution in [1.82, 2.24) is 14.8 Å². The molecule has 3 heterocycles. The average Bonchev–Trinajstić information content (AvgIpc) is 3.60. The molecule has 6 rings (SSSR count). The number of aromatic nitrogens is 3. The molecule has 5 aromatic rings. The molecule has 0 atom stereocenters. The van der Waals surface area contributed by atoms with E-state index < -0.39 is 30.6 Å². The van der Waals surface area contributed by atoms with Gasteiger partial charge in [-0.05, 0) is 60.0 Å². The smallest absolute Gasteiger partial charge is 0.440 e. The minimum absolute atomic E-state index is 0.0317. The number of hydrogen-bond acceptors (Lipinski definition) is 6. The minimum Gasteiger partial charge on any atom is -0.440 e. The van der Waals surface area contributed by atoms with Crippen molar-refractivity contribution in [3.63, 3.8) is 0 Å². The zero-order chi connectivity index (χ0) is 30.8. The van der Waals surface area contributed by atoms with Crippen LogP contribution in [0.2, 0.25) is 5.15 Å². The molecule has 2 aromatic heterocycles. The molecule has 0 unspecified atom stereocenters. The molecule has 0 fully saturated rings. The van der Waals surface area contributed by atoms with E-state index in [0.717, 1.165) is 4.68 Å². The van der Waals surface area contributed by atoms with Crippen LogP contribution in [0.3, 0.4) is 0 Å². The molecule has 1 aliphatic rings. The molecule has 0 saturated heterocycles. The Labute approximate surface area is 243 Å². The normalized spacial score (nSPS) is 14.0. The molecular weight excluding hydrogens is 604 g/mol. The summed E-state index contributed by atoms with van der Waals surface area (Å²) in [6.07, 6.45) is -8.65. The number of nitrogens with zero attached hydrogens (tertiary/aromatic N) is 3. The molecule has 1 aliphatic heterocycles. The topological polar surface area (TPSA) is 82.5 Å². The zero-order valence-electron chi connectivity index (χ0n) is 22.1. The van der Waals surface area contributed by atoms with Crippen LogP contribution in [0.1, 0.15) is 22.7 Å². The second kappa shape index (κ2) is 10.1. The van der Waals surface area contributed by atoms with E-state index in [-0.39, 0.29) is 56.4 Å². The van der Waals surface area contributed by atoms with Crippen LogP contribution in [0.5, 0.6) is 11.5 Å². The van der Waals surface area contributed by atoms with Crippen LogP contribution in [0.4, 0.5) is 26.3 Å². The third-order valence-electron chi connectivity index (χ3n) is 6.74. The van der Waals surface area contributed by atoms with Gasteiger partial charge in [0.05, 0.1) is 12.3 Å². The van der Waals surface area contributed by atoms with E-state index in [1.54, 1.807) is 13.0 Å². The van der Waals surface area contributed by atoms with Gasteiger partial charge in [0.25, 0.3) is 0 Å². The Morgan fingerprint density at radius 3 is 2.33 bits per heavy atom. The first-order chi connectivity index (χ1) is 20.2. The van der Waals surface area contributed by atoms with Crippen LogP contribution in [0.15, 0.2) is 59.0 Å². The van der Waals surface area contributed by atoms with Crippen LogP contribution in [-0.4, -0.2) is 26.2 Å². The van der Waals surface area contributed by atoms with Crippen LogP contribution < -0.4 is 9.47 Å². The Balaban J connectivity index is 1.57. The lowest BCUT2D eigenvalue weighted by molar-refractivity contribution is -0.286. The number of fused-ring (bicyclic) bond motifs is 1. The van der Waals surface area contributed by atoms with Gasteiger partial charge >= 0.3 is 12.5 Å². The first kappa shape index (κ1) is 28.6. The highest BCUT2D eigenvalue weighted by atomic mass is 35.5. The molecule has 0 spiro atoms. The van der Waals surface area contributed by atoms with Crippen LogP contribution >= 0.6 is 11.6 Å². The van der Waals surface area contributed by atoms with Gasteiger partial charge in [-0.15, -0.1) is 8.78 Å². The number of halogens is 7. The second-order valence-electron chi connectivity index (χ2n) is 9.65. The molecule has 0 bridgehead atoms. The highest BCUT2D eigenvalue weighted by molar-refractivity contribution is 6.30. The van der Waals surface area contributed by atoms with Crippen molar-refractivity contribution < 1.29 is 45.3 Å². The van der Waals surface area contributed by atoms with Gasteiger partial charge in [0.1, 0.15) is 16.7 Å². The van der Waals surface area contributed by atoms with E-state index in [4.69, 9.17) is 16.0 Å². The molecule has 43 heavy (non-hydrogen) atoms. The van der Waals surface area contributed by atoms with Gasteiger partial charge in [0.15, 0.2) is 28.8 Å². The van der Waals surface area contributed by atoms with Crippen LogP contribution in [-0.2, 0) is 12.8 Å². The van der Waals surface area contributed by atoms with Crippen molar-refractivity contribution in [1.29, 1.82) is 0 Å². The SMILES string of the molecule is Cc1nc(-c2ccc3c(c2)OC(F)(F)O3)c(-c2cc(-c3cc(C)c(CO)c(F)c3)ccc2-n2nc(C(F)(F)F)cc2Cl)o1. The summed E-state index contributed by atoms with van der Waals surface area (Å²) >= 11 is 6.21. The Morgan fingerprint density at radius 2 is 1.65 bits per heavy atom. The van der Waals surface area contributed by atoms with Crippen molar-refractivity contribution >= 4 is 11.6 Å². The average molecular weight is 622 g/mol. The number of oxazole rings is 1. The van der Waals surface area contributed by atoms with E-state index in [1.807, 2.05) is 0 Å². The Morgan fingerprint density at radius 1 is 0.930 bits per heavy atom. The van der Waals surface area contributed by atoms with Crippen LogP contribution in [0, 0.1) is 19.7 Å². The number of aryl methyl sites for hydroxylation is 2. The zero-order valence-corrected chi connectivity index (χ0v) is 22.8. The number of ether oxygens (including phenoxy) is 2. The predicted molar refractivity (Wildman–Crippen MR) is 142 cm³/mol. The Hall–Kier alpha value is -4.49. The van der Waals surface area contributed by atoms with Gasteiger partial charge in [-0.25, -0.2) is 14.1 Å². The summed E-state index contributed by atoms with van der Waals surface area (Å²) in [5.74, 6) is -0.945. The summed E-state index contributed by atoms with van der Waals surface area (Å²) in [6.45, 7) is 2.63. The maximum absolute atomic E-state index is 14.8. The number of alkyl halides is 5. The van der Waals surface area contributed by atoms with E-state index in [2.05, 4.69) is 19.6 Å². The summed E-state index contributed by atoms with van der Waals surface area (Å²) in [7, 11) is 0. The van der Waals surface area contributed by atoms with Crippen molar-refractivity contribution in [3.8, 4) is 50.9 Å². The standard InChI is InChI=1S/C29H18ClF6N3O4/c1-13-7-17(9-20(31)19(13)12-40)15-3-5-21(39-25(30)11-24(38-39)28(32,33)34)18(8-15)27-26(37-14(2)41-27)16-4-6-22-23(10-16)43-29(35,36)42-22/h3-11,40H,12H2,1-2H3. The lowest BCUT2D eigenvalue weighted by atomic mass is 9.96. The van der Waals surface area contributed by atoms with Crippen molar-refractivity contribution in [2.45, 2.75) is 32.9 Å². The largest absolute Gasteiger partial charge is 0.586 e. The molecular formula is C29H18ClF6N3O4. The molecule has 0 saturated carbocycles. The van der Waals surface area contributed by atoms with Crippen molar-refractivity contribution in [2.24, 2.45) is 0 Å². The monoisotopic (exact) mass is 621 g/mol. The third-order valence-corrected chi connectivity index (χ3v) is 7.01. The lowest BCUT2D eigenvalue weighted by Crippen LogP contribution is -2.25. The second-order valence-corrected chi connectivity index (χ2v) is 10.0. The summed E-state index contributed by atoms with van der Waals surface area (Å²) in [4.78, 5) is 4.39. The number of hydrogen-bond donors (Lipinski definition) is 1. The lowest BCUT2D eigenvalue weighted by Gasteiger charge is -2.14. The number of rotatable bonds is 5. The molecule has 0 radical (unpaired) electrons. The fourth-order valence-electron chi connectivity index (χ4n) is 4.79. The summed E-state index contributed by atoms with van der Waals surface area (Å²) < 4.78 is 98.5.